The molecule has 0 atom stereocenters. The number of non-ortho nitro benzene ring substituents is 1. The van der Waals surface area contributed by atoms with Crippen molar-refractivity contribution >= 4 is 17.4 Å². The van der Waals surface area contributed by atoms with Crippen LogP contribution in [0.1, 0.15) is 5.56 Å². The largest absolute Gasteiger partial charge is 0.305 e. The number of aromatic nitrogens is 3. The Balaban J connectivity index is 1.72. The first-order valence-electron chi connectivity index (χ1n) is 7.06. The Morgan fingerprint density at radius 1 is 1.12 bits per heavy atom. The van der Waals surface area contributed by atoms with E-state index in [1.54, 1.807) is 24.3 Å². The van der Waals surface area contributed by atoms with Crippen molar-refractivity contribution in [3.05, 3.63) is 70.0 Å². The van der Waals surface area contributed by atoms with Gasteiger partial charge in [0.05, 0.1) is 4.92 Å². The average Bonchev–Trinajstić information content (AvgIpc) is 2.95. The summed E-state index contributed by atoms with van der Waals surface area (Å²) in [4.78, 5) is 10.2. The van der Waals surface area contributed by atoms with Crippen LogP contribution in [0.4, 0.5) is 10.1 Å². The molecule has 0 fully saturated rings. The average molecular weight is 344 g/mol. The van der Waals surface area contributed by atoms with Gasteiger partial charge in [0.25, 0.3) is 5.69 Å². The predicted molar refractivity (Wildman–Crippen MR) is 89.1 cm³/mol. The lowest BCUT2D eigenvalue weighted by Crippen LogP contribution is -1.95. The highest BCUT2D eigenvalue weighted by Gasteiger charge is 2.12. The van der Waals surface area contributed by atoms with Crippen LogP contribution in [0.5, 0.6) is 0 Å². The number of rotatable bonds is 5. The molecule has 122 valence electrons. The summed E-state index contributed by atoms with van der Waals surface area (Å²) in [5, 5.41) is 19.7. The summed E-state index contributed by atoms with van der Waals surface area (Å²) < 4.78 is 14.8. The lowest BCUT2D eigenvalue weighted by Gasteiger charge is -2.04. The van der Waals surface area contributed by atoms with Gasteiger partial charge in [0.15, 0.2) is 11.0 Å². The fraction of sp³-hybridized carbons (Fsp3) is 0.125. The molecule has 0 bridgehead atoms. The van der Waals surface area contributed by atoms with E-state index in [1.807, 2.05) is 11.6 Å². The summed E-state index contributed by atoms with van der Waals surface area (Å²) in [5.41, 5.74) is 1.81. The molecule has 24 heavy (non-hydrogen) atoms. The SMILES string of the molecule is Cn1c(SCc2ccc([N+](=O)[O-])cc2)nnc1-c1ccc(F)cc1. The number of hydrogen-bond acceptors (Lipinski definition) is 5. The Kier molecular flexibility index (Phi) is 4.57. The van der Waals surface area contributed by atoms with E-state index in [0.717, 1.165) is 11.1 Å². The van der Waals surface area contributed by atoms with Gasteiger partial charge in [-0.05, 0) is 29.8 Å². The Hall–Kier alpha value is -2.74. The van der Waals surface area contributed by atoms with Crippen LogP contribution in [0.2, 0.25) is 0 Å². The molecule has 8 heteroatoms. The molecule has 0 spiro atoms. The maximum atomic E-state index is 13.0. The predicted octanol–water partition coefficient (Wildman–Crippen LogP) is 3.82. The van der Waals surface area contributed by atoms with E-state index in [9.17, 15) is 14.5 Å². The van der Waals surface area contributed by atoms with E-state index >= 15 is 0 Å². The third-order valence-corrected chi connectivity index (χ3v) is 4.54. The van der Waals surface area contributed by atoms with Crippen LogP contribution < -0.4 is 0 Å². The van der Waals surface area contributed by atoms with Crippen molar-refractivity contribution in [3.8, 4) is 11.4 Å². The zero-order valence-electron chi connectivity index (χ0n) is 12.7. The third kappa shape index (κ3) is 3.43. The Bertz CT molecular complexity index is 863. The second-order valence-electron chi connectivity index (χ2n) is 5.08. The van der Waals surface area contributed by atoms with Crippen LogP contribution in [0, 0.1) is 15.9 Å². The summed E-state index contributed by atoms with van der Waals surface area (Å²) in [5.74, 6) is 0.975. The van der Waals surface area contributed by atoms with Gasteiger partial charge in [-0.15, -0.1) is 10.2 Å². The first kappa shape index (κ1) is 16.1. The van der Waals surface area contributed by atoms with Gasteiger partial charge in [-0.1, -0.05) is 23.9 Å². The van der Waals surface area contributed by atoms with Crippen molar-refractivity contribution in [2.24, 2.45) is 7.05 Å². The number of benzene rings is 2. The lowest BCUT2D eigenvalue weighted by atomic mass is 10.2. The minimum atomic E-state index is -0.422. The van der Waals surface area contributed by atoms with E-state index in [4.69, 9.17) is 0 Å². The van der Waals surface area contributed by atoms with Crippen LogP contribution in [0.15, 0.2) is 53.7 Å². The normalized spacial score (nSPS) is 10.8. The minimum Gasteiger partial charge on any atom is -0.305 e. The summed E-state index contributed by atoms with van der Waals surface area (Å²) >= 11 is 1.48. The van der Waals surface area contributed by atoms with Crippen LogP contribution in [0.3, 0.4) is 0 Å². The molecule has 6 nitrogen and oxygen atoms in total. The third-order valence-electron chi connectivity index (χ3n) is 3.45. The smallest absolute Gasteiger partial charge is 0.269 e. The second-order valence-corrected chi connectivity index (χ2v) is 6.03. The minimum absolute atomic E-state index is 0.0704. The van der Waals surface area contributed by atoms with E-state index < -0.39 is 4.92 Å². The molecule has 2 aromatic carbocycles. The molecule has 1 aromatic heterocycles. The fourth-order valence-corrected chi connectivity index (χ4v) is 3.02. The summed E-state index contributed by atoms with van der Waals surface area (Å²) in [6.07, 6.45) is 0. The molecule has 0 radical (unpaired) electrons. The van der Waals surface area contributed by atoms with Crippen LogP contribution in [-0.4, -0.2) is 19.7 Å². The first-order chi connectivity index (χ1) is 11.5. The molecule has 0 N–H and O–H groups in total. The van der Waals surface area contributed by atoms with E-state index in [-0.39, 0.29) is 11.5 Å². The summed E-state index contributed by atoms with van der Waals surface area (Å²) in [6, 6.07) is 12.5. The lowest BCUT2D eigenvalue weighted by molar-refractivity contribution is -0.384. The standard InChI is InChI=1S/C16H13FN4O2S/c1-20-15(12-4-6-13(17)7-5-12)18-19-16(20)24-10-11-2-8-14(9-3-11)21(22)23/h2-9H,10H2,1H3. The number of nitrogens with zero attached hydrogens (tertiary/aromatic N) is 4. The van der Waals surface area contributed by atoms with Crippen LogP contribution >= 0.6 is 11.8 Å². The number of thioether (sulfide) groups is 1. The van der Waals surface area contributed by atoms with Gasteiger partial charge in [-0.3, -0.25) is 10.1 Å². The molecule has 3 rings (SSSR count). The fourth-order valence-electron chi connectivity index (χ4n) is 2.15. The number of hydrogen-bond donors (Lipinski definition) is 0. The van der Waals surface area contributed by atoms with Crippen molar-refractivity contribution in [1.29, 1.82) is 0 Å². The molecular weight excluding hydrogens is 331 g/mol. The van der Waals surface area contributed by atoms with Gasteiger partial charge in [-0.2, -0.15) is 0 Å². The molecule has 3 aromatic rings. The van der Waals surface area contributed by atoms with Crippen molar-refractivity contribution in [2.75, 3.05) is 0 Å². The van der Waals surface area contributed by atoms with Gasteiger partial charge in [0.2, 0.25) is 0 Å². The van der Waals surface area contributed by atoms with Crippen molar-refractivity contribution in [3.63, 3.8) is 0 Å². The highest BCUT2D eigenvalue weighted by molar-refractivity contribution is 7.98. The second kappa shape index (κ2) is 6.79. The monoisotopic (exact) mass is 344 g/mol. The number of nitro benzene ring substituents is 1. The van der Waals surface area contributed by atoms with E-state index in [0.29, 0.717) is 16.7 Å². The van der Waals surface area contributed by atoms with Gasteiger partial charge in [0.1, 0.15) is 5.82 Å². The van der Waals surface area contributed by atoms with Gasteiger partial charge >= 0.3 is 0 Å². The molecule has 0 unspecified atom stereocenters. The van der Waals surface area contributed by atoms with E-state index in [1.165, 1.54) is 36.0 Å². The highest BCUT2D eigenvalue weighted by Crippen LogP contribution is 2.26. The molecule has 0 aliphatic rings. The Labute approximate surface area is 141 Å². The summed E-state index contributed by atoms with van der Waals surface area (Å²) in [6.45, 7) is 0. The van der Waals surface area contributed by atoms with Crippen LogP contribution in [-0.2, 0) is 12.8 Å². The van der Waals surface area contributed by atoms with Crippen molar-refractivity contribution in [2.45, 2.75) is 10.9 Å². The van der Waals surface area contributed by atoms with Crippen LogP contribution in [0.25, 0.3) is 11.4 Å². The van der Waals surface area contributed by atoms with Crippen molar-refractivity contribution in [1.82, 2.24) is 14.8 Å². The van der Waals surface area contributed by atoms with Crippen molar-refractivity contribution < 1.29 is 9.31 Å². The molecule has 0 saturated heterocycles. The Morgan fingerprint density at radius 3 is 2.42 bits per heavy atom. The number of halogens is 1. The zero-order valence-corrected chi connectivity index (χ0v) is 13.5. The highest BCUT2D eigenvalue weighted by atomic mass is 32.2. The first-order valence-corrected chi connectivity index (χ1v) is 8.04. The molecule has 0 amide bonds. The quantitative estimate of drug-likeness (QED) is 0.400. The van der Waals surface area contributed by atoms with Gasteiger partial charge < -0.3 is 4.57 Å². The van der Waals surface area contributed by atoms with Gasteiger partial charge in [-0.25, -0.2) is 4.39 Å². The molecule has 1 heterocycles. The molecule has 0 aliphatic heterocycles. The Morgan fingerprint density at radius 2 is 1.79 bits per heavy atom. The maximum Gasteiger partial charge on any atom is 0.269 e. The summed E-state index contributed by atoms with van der Waals surface area (Å²) in [7, 11) is 1.84. The van der Waals surface area contributed by atoms with E-state index in [2.05, 4.69) is 10.2 Å². The molecule has 0 saturated carbocycles. The topological polar surface area (TPSA) is 73.8 Å². The molecular formula is C16H13FN4O2S. The maximum absolute atomic E-state index is 13.0. The van der Waals surface area contributed by atoms with Gasteiger partial charge in [0, 0.05) is 30.5 Å². The zero-order chi connectivity index (χ0) is 17.1. The molecule has 0 aliphatic carbocycles. The number of nitro groups is 1.